The van der Waals surface area contributed by atoms with Crippen LogP contribution in [0.25, 0.3) is 72.7 Å². The van der Waals surface area contributed by atoms with E-state index in [1.165, 1.54) is 0 Å². The number of aromatic hydroxyl groups is 1. The van der Waals surface area contributed by atoms with Crippen molar-refractivity contribution in [2.75, 3.05) is 0 Å². The molecule has 0 saturated heterocycles. The average Bonchev–Trinajstić information content (AvgIpc) is 3.71. The second-order valence-electron chi connectivity index (χ2n) is 17.4. The molecular weight excluding hydrogens is 926 g/mol. The van der Waals surface area contributed by atoms with Crippen molar-refractivity contribution >= 4 is 11.0 Å². The third kappa shape index (κ3) is 8.66. The molecule has 0 bridgehead atoms. The number of rotatable bonds is 6. The number of nitrogens with zero attached hydrogens (tertiary/aromatic N) is 3. The number of imidazole rings is 1. The number of pyridine rings is 1. The number of fused-ring (bicyclic) bond motifs is 1. The number of hydrogen-bond acceptors (Lipinski definition) is 3. The van der Waals surface area contributed by atoms with Crippen LogP contribution in [0.1, 0.15) is 112 Å². The van der Waals surface area contributed by atoms with Crippen LogP contribution in [0, 0.1) is 19.9 Å². The SMILES string of the molecule is [2H]c1nc(-c2[c-]c(-c3cccc4c3nc(-c3cc(C)cc(C)c3O)n4-c3ccc(C(C)(C)C)cc3-c3ccccc3)cc(C(C)(C)C)c2)c([2H])c(-c2c([2H])c([2H])c(C(C([2H])([2H])[2H])(C([2H])([2H])[2H])C([2H])([2H])[2H])c([2H])c2[2H])c1[2H].[Pt]. The Bertz CT molecular complexity index is 3580. The van der Waals surface area contributed by atoms with E-state index in [2.05, 4.69) is 50.0 Å². The maximum atomic E-state index is 11.8. The van der Waals surface area contributed by atoms with Gasteiger partial charge in [0, 0.05) is 50.8 Å². The molecular formula is C56H56N3OPt-. The first kappa shape index (κ1) is 27.4. The van der Waals surface area contributed by atoms with E-state index in [0.29, 0.717) is 44.7 Å². The summed E-state index contributed by atoms with van der Waals surface area (Å²) >= 11 is 0. The zero-order valence-electron chi connectivity index (χ0n) is 51.3. The predicted octanol–water partition coefficient (Wildman–Crippen LogP) is 14.8. The Kier molecular flexibility index (Phi) is 7.35. The predicted molar refractivity (Wildman–Crippen MR) is 252 cm³/mol. The van der Waals surface area contributed by atoms with Crippen LogP contribution < -0.4 is 0 Å². The molecule has 0 aliphatic heterocycles. The molecule has 0 saturated carbocycles. The van der Waals surface area contributed by atoms with Gasteiger partial charge >= 0.3 is 0 Å². The summed E-state index contributed by atoms with van der Waals surface area (Å²) in [6.45, 7) is 4.35. The number of aromatic nitrogens is 3. The molecule has 6 aromatic carbocycles. The molecule has 0 radical (unpaired) electrons. The van der Waals surface area contributed by atoms with E-state index in [4.69, 9.17) is 25.5 Å². The monoisotopic (exact) mass is 998 g/mol. The number of benzene rings is 6. The zero-order valence-corrected chi connectivity index (χ0v) is 37.5. The van der Waals surface area contributed by atoms with Gasteiger partial charge in [0.1, 0.15) is 11.6 Å². The maximum Gasteiger partial charge on any atom is 0.148 e. The van der Waals surface area contributed by atoms with Gasteiger partial charge in [-0.05, 0) is 99.3 Å². The third-order valence-corrected chi connectivity index (χ3v) is 10.7. The molecule has 0 spiro atoms. The fraction of sp³-hybridized carbons (Fsp3) is 0.250. The van der Waals surface area contributed by atoms with Crippen LogP contribution in [-0.4, -0.2) is 19.6 Å². The zero-order chi connectivity index (χ0) is 56.3. The summed E-state index contributed by atoms with van der Waals surface area (Å²) in [4.78, 5) is 9.74. The normalized spacial score (nSPS) is 16.5. The molecule has 0 atom stereocenters. The molecule has 2 heterocycles. The minimum Gasteiger partial charge on any atom is -0.507 e. The largest absolute Gasteiger partial charge is 0.507 e. The van der Waals surface area contributed by atoms with Gasteiger partial charge in [-0.2, -0.15) is 0 Å². The molecule has 4 nitrogen and oxygen atoms in total. The second-order valence-corrected chi connectivity index (χ2v) is 17.4. The smallest absolute Gasteiger partial charge is 0.148 e. The number of phenols is 1. The van der Waals surface area contributed by atoms with Gasteiger partial charge in [0.25, 0.3) is 0 Å². The van der Waals surface area contributed by atoms with E-state index >= 15 is 0 Å². The first-order valence-corrected chi connectivity index (χ1v) is 19.7. The van der Waals surface area contributed by atoms with Gasteiger partial charge in [0.15, 0.2) is 0 Å². The minimum atomic E-state index is -3.92. The van der Waals surface area contributed by atoms with E-state index in [9.17, 15) is 6.48 Å². The molecule has 0 amide bonds. The Morgan fingerprint density at radius 3 is 2.03 bits per heavy atom. The van der Waals surface area contributed by atoms with E-state index in [1.54, 1.807) is 6.07 Å². The number of aryl methyl sites for hydroxylation is 2. The molecule has 5 heteroatoms. The van der Waals surface area contributed by atoms with Gasteiger partial charge < -0.3 is 5.11 Å². The van der Waals surface area contributed by atoms with Gasteiger partial charge in [0.05, 0.1) is 31.9 Å². The van der Waals surface area contributed by atoms with Crippen molar-refractivity contribution in [2.24, 2.45) is 0 Å². The van der Waals surface area contributed by atoms with Crippen molar-refractivity contribution in [3.05, 3.63) is 167 Å². The molecule has 2 aromatic heterocycles. The standard InChI is InChI=1S/C56H56N3O.Pt/c1-35-28-36(2)52(60)47(29-35)53-58-51-45(18-15-19-50(51)59(53)49-25-24-43(55(6,7)8)34-46(49)38-16-13-12-14-17-38)40-30-41(32-44(31-40)56(9,10)11)48-33-39(26-27-57-48)37-20-22-42(23-21-37)54(3,4)5;/h12-29,31-34,60H,1-11H3;/q-1;/i3D3,4D3,5D3,20D,21D,22D,23D,26D,27D,33D;. The van der Waals surface area contributed by atoms with Crippen molar-refractivity contribution < 1.29 is 48.1 Å². The number of para-hydroxylation sites is 1. The molecule has 61 heavy (non-hydrogen) atoms. The van der Waals surface area contributed by atoms with Crippen LogP contribution in [0.15, 0.2) is 133 Å². The summed E-state index contributed by atoms with van der Waals surface area (Å²) in [6, 6.07) is 26.5. The fourth-order valence-corrected chi connectivity index (χ4v) is 7.39. The van der Waals surface area contributed by atoms with Crippen molar-refractivity contribution in [1.82, 2.24) is 14.5 Å². The summed E-state index contributed by atoms with van der Waals surface area (Å²) in [6.07, 6.45) is -0.745. The summed E-state index contributed by atoms with van der Waals surface area (Å²) in [5.41, 5.74) is 1.13. The average molecular weight is 998 g/mol. The topological polar surface area (TPSA) is 50.9 Å². The van der Waals surface area contributed by atoms with E-state index in [1.807, 2.05) is 106 Å². The Hall–Kier alpha value is -5.57. The van der Waals surface area contributed by atoms with Crippen LogP contribution in [0.5, 0.6) is 5.75 Å². The van der Waals surface area contributed by atoms with E-state index < -0.39 is 90.5 Å². The summed E-state index contributed by atoms with van der Waals surface area (Å²) in [7, 11) is 0. The molecule has 8 rings (SSSR count). The van der Waals surface area contributed by atoms with Crippen LogP contribution in [0.4, 0.5) is 0 Å². The first-order valence-electron chi connectivity index (χ1n) is 27.7. The fourth-order valence-electron chi connectivity index (χ4n) is 7.39. The molecule has 1 N–H and O–H groups in total. The molecule has 312 valence electrons. The number of hydrogen-bond donors (Lipinski definition) is 1. The van der Waals surface area contributed by atoms with Crippen molar-refractivity contribution in [1.29, 1.82) is 0 Å². The van der Waals surface area contributed by atoms with Crippen molar-refractivity contribution in [3.8, 4) is 67.5 Å². The molecule has 0 aliphatic rings. The van der Waals surface area contributed by atoms with Gasteiger partial charge in [-0.25, -0.2) is 4.98 Å². The van der Waals surface area contributed by atoms with Crippen LogP contribution in [-0.2, 0) is 37.3 Å². The van der Waals surface area contributed by atoms with Crippen LogP contribution in [0.2, 0.25) is 0 Å². The Morgan fingerprint density at radius 1 is 0.639 bits per heavy atom. The second kappa shape index (κ2) is 16.4. The van der Waals surface area contributed by atoms with Crippen LogP contribution in [0.3, 0.4) is 0 Å². The Labute approximate surface area is 399 Å². The molecule has 0 fully saturated rings. The van der Waals surface area contributed by atoms with E-state index in [0.717, 1.165) is 27.9 Å². The summed E-state index contributed by atoms with van der Waals surface area (Å²) in [5, 5.41) is 11.8. The third-order valence-electron chi connectivity index (χ3n) is 10.7. The molecule has 8 aromatic rings. The Balaban J connectivity index is 0.00000861. The van der Waals surface area contributed by atoms with Crippen LogP contribution >= 0.6 is 0 Å². The van der Waals surface area contributed by atoms with Gasteiger partial charge in [-0.3, -0.25) is 9.55 Å². The molecule has 0 unspecified atom stereocenters. The van der Waals surface area contributed by atoms with Crippen molar-refractivity contribution in [3.63, 3.8) is 0 Å². The first-order chi connectivity index (χ1) is 35.0. The summed E-state index contributed by atoms with van der Waals surface area (Å²) < 4.78 is 140. The van der Waals surface area contributed by atoms with Gasteiger partial charge in [0.2, 0.25) is 0 Å². The van der Waals surface area contributed by atoms with Crippen molar-refractivity contribution in [2.45, 2.75) is 92.2 Å². The van der Waals surface area contributed by atoms with E-state index in [-0.39, 0.29) is 43.5 Å². The maximum absolute atomic E-state index is 11.8. The van der Waals surface area contributed by atoms with Gasteiger partial charge in [-0.15, -0.1) is 29.3 Å². The summed E-state index contributed by atoms with van der Waals surface area (Å²) in [5.74, 6) is 0.500. The number of phenolic OH excluding ortho intramolecular Hbond substituents is 1. The Morgan fingerprint density at radius 2 is 1.34 bits per heavy atom. The molecule has 0 aliphatic carbocycles. The van der Waals surface area contributed by atoms with Gasteiger partial charge in [-0.1, -0.05) is 158 Å². The quantitative estimate of drug-likeness (QED) is 0.169. The minimum absolute atomic E-state index is 0.